The van der Waals surface area contributed by atoms with E-state index in [1.54, 1.807) is 18.3 Å². The van der Waals surface area contributed by atoms with Crippen LogP contribution in [0, 0.1) is 5.82 Å². The van der Waals surface area contributed by atoms with E-state index in [9.17, 15) is 9.50 Å². The molecule has 5 nitrogen and oxygen atoms in total. The Hall–Kier alpha value is -2.99. The molecular formula is C23H23FN4O. The van der Waals surface area contributed by atoms with E-state index in [-0.39, 0.29) is 12.4 Å². The summed E-state index contributed by atoms with van der Waals surface area (Å²) < 4.78 is 15.8. The summed E-state index contributed by atoms with van der Waals surface area (Å²) in [6.07, 6.45) is 9.70. The zero-order chi connectivity index (χ0) is 19.8. The number of halogens is 1. The molecule has 0 aliphatic heterocycles. The molecular weight excluding hydrogens is 367 g/mol. The van der Waals surface area contributed by atoms with Gasteiger partial charge in [0, 0.05) is 34.4 Å². The van der Waals surface area contributed by atoms with Gasteiger partial charge in [0.15, 0.2) is 0 Å². The predicted molar refractivity (Wildman–Crippen MR) is 111 cm³/mol. The minimum atomic E-state index is -0.258. The summed E-state index contributed by atoms with van der Waals surface area (Å²) in [5.74, 6) is -0.258. The largest absolute Gasteiger partial charge is 0.390 e. The zero-order valence-corrected chi connectivity index (χ0v) is 16.1. The van der Waals surface area contributed by atoms with Crippen LogP contribution < -0.4 is 0 Å². The number of imidazole rings is 1. The summed E-state index contributed by atoms with van der Waals surface area (Å²) in [6, 6.07) is 10.9. The third kappa shape index (κ3) is 3.23. The average Bonchev–Trinajstić information content (AvgIpc) is 3.39. The third-order valence-electron chi connectivity index (χ3n) is 5.89. The zero-order valence-electron chi connectivity index (χ0n) is 16.1. The highest BCUT2D eigenvalue weighted by Gasteiger charge is 2.24. The predicted octanol–water partition coefficient (Wildman–Crippen LogP) is 5.23. The Labute approximate surface area is 168 Å². The van der Waals surface area contributed by atoms with Crippen molar-refractivity contribution in [3.05, 3.63) is 60.4 Å². The summed E-state index contributed by atoms with van der Waals surface area (Å²) >= 11 is 0. The van der Waals surface area contributed by atoms with E-state index in [4.69, 9.17) is 4.98 Å². The van der Waals surface area contributed by atoms with Crippen molar-refractivity contribution in [1.29, 1.82) is 0 Å². The molecule has 0 radical (unpaired) electrons. The monoisotopic (exact) mass is 390 g/mol. The lowest BCUT2D eigenvalue weighted by molar-refractivity contribution is 0.278. The molecule has 6 heteroatoms. The minimum Gasteiger partial charge on any atom is -0.390 e. The first kappa shape index (κ1) is 18.1. The number of aliphatic hydroxyl groups excluding tert-OH is 1. The Morgan fingerprint density at radius 3 is 2.62 bits per heavy atom. The van der Waals surface area contributed by atoms with Gasteiger partial charge in [-0.3, -0.25) is 0 Å². The maximum atomic E-state index is 13.5. The maximum absolute atomic E-state index is 13.5. The fourth-order valence-corrected chi connectivity index (χ4v) is 4.46. The topological polar surface area (TPSA) is 66.7 Å². The van der Waals surface area contributed by atoms with Crippen LogP contribution in [0.2, 0.25) is 0 Å². The molecule has 0 unspecified atom stereocenters. The summed E-state index contributed by atoms with van der Waals surface area (Å²) in [6.45, 7) is -0.0670. The van der Waals surface area contributed by atoms with E-state index in [0.717, 1.165) is 52.1 Å². The fraction of sp³-hybridized carbons (Fsp3) is 0.304. The van der Waals surface area contributed by atoms with Crippen molar-refractivity contribution in [2.45, 2.75) is 44.8 Å². The molecule has 1 aromatic carbocycles. The molecule has 148 valence electrons. The number of pyridine rings is 1. The first-order valence-corrected chi connectivity index (χ1v) is 10.1. The van der Waals surface area contributed by atoms with Gasteiger partial charge in [0.05, 0.1) is 24.3 Å². The second-order valence-electron chi connectivity index (χ2n) is 7.72. The van der Waals surface area contributed by atoms with Crippen LogP contribution >= 0.6 is 0 Å². The Bertz CT molecular complexity index is 1140. The van der Waals surface area contributed by atoms with Crippen LogP contribution in [-0.4, -0.2) is 24.6 Å². The van der Waals surface area contributed by atoms with Gasteiger partial charge in [0.2, 0.25) is 0 Å². The van der Waals surface area contributed by atoms with Crippen LogP contribution in [0.1, 0.15) is 43.8 Å². The van der Waals surface area contributed by atoms with Gasteiger partial charge < -0.3 is 14.7 Å². The minimum absolute atomic E-state index is 0.0670. The fourth-order valence-electron chi connectivity index (χ4n) is 4.46. The lowest BCUT2D eigenvalue weighted by Crippen LogP contribution is -2.13. The number of aliphatic hydroxyl groups is 1. The van der Waals surface area contributed by atoms with Crippen LogP contribution in [0.5, 0.6) is 0 Å². The molecule has 1 aliphatic carbocycles. The van der Waals surface area contributed by atoms with Crippen molar-refractivity contribution in [3.63, 3.8) is 0 Å². The number of rotatable bonds is 4. The summed E-state index contributed by atoms with van der Waals surface area (Å²) in [5, 5.41) is 10.5. The number of aromatic nitrogens is 4. The Morgan fingerprint density at radius 2 is 1.86 bits per heavy atom. The highest BCUT2D eigenvalue weighted by atomic mass is 19.1. The van der Waals surface area contributed by atoms with Gasteiger partial charge in [0.25, 0.3) is 0 Å². The number of aromatic amines is 1. The van der Waals surface area contributed by atoms with Crippen molar-refractivity contribution in [1.82, 2.24) is 19.5 Å². The molecule has 0 spiro atoms. The van der Waals surface area contributed by atoms with E-state index in [1.165, 1.54) is 31.4 Å². The molecule has 0 saturated heterocycles. The van der Waals surface area contributed by atoms with Crippen molar-refractivity contribution >= 4 is 11.0 Å². The number of H-pyrrole nitrogens is 1. The molecule has 0 atom stereocenters. The summed E-state index contributed by atoms with van der Waals surface area (Å²) in [4.78, 5) is 12.4. The van der Waals surface area contributed by atoms with Gasteiger partial charge in [-0.25, -0.2) is 14.4 Å². The van der Waals surface area contributed by atoms with Gasteiger partial charge >= 0.3 is 0 Å². The van der Waals surface area contributed by atoms with E-state index in [0.29, 0.717) is 6.04 Å². The van der Waals surface area contributed by atoms with Crippen molar-refractivity contribution in [2.24, 2.45) is 0 Å². The van der Waals surface area contributed by atoms with Crippen molar-refractivity contribution in [3.8, 4) is 22.5 Å². The van der Waals surface area contributed by atoms with Crippen molar-refractivity contribution < 1.29 is 9.50 Å². The molecule has 1 saturated carbocycles. The molecule has 4 aromatic rings. The number of benzene rings is 1. The molecule has 3 heterocycles. The Balaban J connectivity index is 1.74. The van der Waals surface area contributed by atoms with Crippen LogP contribution in [0.4, 0.5) is 4.39 Å². The van der Waals surface area contributed by atoms with Crippen LogP contribution in [-0.2, 0) is 6.61 Å². The number of hydrogen-bond acceptors (Lipinski definition) is 3. The molecule has 1 fully saturated rings. The second kappa shape index (κ2) is 7.44. The maximum Gasteiger partial charge on any atom is 0.138 e. The highest BCUT2D eigenvalue weighted by molar-refractivity contribution is 5.96. The van der Waals surface area contributed by atoms with Gasteiger partial charge in [-0.2, -0.15) is 0 Å². The molecule has 2 N–H and O–H groups in total. The van der Waals surface area contributed by atoms with Crippen LogP contribution in [0.3, 0.4) is 0 Å². The molecule has 3 aromatic heterocycles. The van der Waals surface area contributed by atoms with Gasteiger partial charge in [-0.05, 0) is 49.2 Å². The van der Waals surface area contributed by atoms with Gasteiger partial charge in [-0.15, -0.1) is 0 Å². The van der Waals surface area contributed by atoms with E-state index in [2.05, 4.69) is 14.5 Å². The van der Waals surface area contributed by atoms with Crippen LogP contribution in [0.25, 0.3) is 33.5 Å². The van der Waals surface area contributed by atoms with Crippen LogP contribution in [0.15, 0.2) is 48.9 Å². The number of nitrogens with zero attached hydrogens (tertiary/aromatic N) is 3. The van der Waals surface area contributed by atoms with Gasteiger partial charge in [0.1, 0.15) is 11.5 Å². The Morgan fingerprint density at radius 1 is 1.07 bits per heavy atom. The number of hydrogen-bond donors (Lipinski definition) is 2. The first-order valence-electron chi connectivity index (χ1n) is 10.1. The SMILES string of the molecule is OCc1cc2c(-c3c(-c4ccc(F)cc4)ncn3C3CCCCC3)ccnc2[nH]1. The lowest BCUT2D eigenvalue weighted by atomic mass is 9.94. The lowest BCUT2D eigenvalue weighted by Gasteiger charge is -2.25. The standard InChI is InChI=1S/C23H23FN4O/c24-16-8-6-15(7-9-16)21-22(28(14-26-21)18-4-2-1-3-5-18)19-10-11-25-23-20(19)12-17(13-29)27-23/h6-12,14,18,29H,1-5,13H2,(H,25,27). The smallest absolute Gasteiger partial charge is 0.138 e. The number of nitrogens with one attached hydrogen (secondary N) is 1. The van der Waals surface area contributed by atoms with Crippen molar-refractivity contribution in [2.75, 3.05) is 0 Å². The highest BCUT2D eigenvalue weighted by Crippen LogP contribution is 2.40. The number of fused-ring (bicyclic) bond motifs is 1. The first-order chi connectivity index (χ1) is 14.2. The van der Waals surface area contributed by atoms with Gasteiger partial charge in [-0.1, -0.05) is 19.3 Å². The van der Waals surface area contributed by atoms with E-state index < -0.39 is 0 Å². The summed E-state index contributed by atoms with van der Waals surface area (Å²) in [5.41, 5.74) is 5.25. The van der Waals surface area contributed by atoms with E-state index >= 15 is 0 Å². The molecule has 1 aliphatic rings. The quantitative estimate of drug-likeness (QED) is 0.501. The normalized spacial score (nSPS) is 15.2. The molecule has 5 rings (SSSR count). The van der Waals surface area contributed by atoms with E-state index in [1.807, 2.05) is 18.5 Å². The average molecular weight is 390 g/mol. The Kier molecular flexibility index (Phi) is 4.64. The summed E-state index contributed by atoms with van der Waals surface area (Å²) in [7, 11) is 0. The second-order valence-corrected chi connectivity index (χ2v) is 7.72. The molecule has 0 bridgehead atoms. The third-order valence-corrected chi connectivity index (χ3v) is 5.89. The molecule has 29 heavy (non-hydrogen) atoms. The molecule has 0 amide bonds.